The lowest BCUT2D eigenvalue weighted by Crippen LogP contribution is -1.95. The maximum atomic E-state index is 4.72. The zero-order valence-electron chi connectivity index (χ0n) is 11.6. The van der Waals surface area contributed by atoms with Gasteiger partial charge < -0.3 is 0 Å². The van der Waals surface area contributed by atoms with E-state index in [4.69, 9.17) is 4.99 Å². The van der Waals surface area contributed by atoms with Crippen LogP contribution in [0.5, 0.6) is 0 Å². The molecule has 0 saturated heterocycles. The molecule has 0 N–H and O–H groups in total. The van der Waals surface area contributed by atoms with Gasteiger partial charge in [-0.05, 0) is 41.8 Å². The minimum Gasteiger partial charge on any atom is -0.253 e. The Morgan fingerprint density at radius 2 is 1.85 bits per heavy atom. The lowest BCUT2D eigenvalue weighted by atomic mass is 10.0. The monoisotopic (exact) mass is 259 g/mol. The Balaban J connectivity index is 1.95. The van der Waals surface area contributed by atoms with Crippen molar-refractivity contribution in [1.29, 1.82) is 0 Å². The average Bonchev–Trinajstić information content (AvgIpc) is 2.75. The molecule has 0 amide bonds. The van der Waals surface area contributed by atoms with Crippen LogP contribution in [0.3, 0.4) is 0 Å². The quantitative estimate of drug-likeness (QED) is 0.669. The number of benzene rings is 2. The molecule has 0 radical (unpaired) electrons. The second-order valence-electron chi connectivity index (χ2n) is 4.91. The molecule has 0 saturated carbocycles. The number of rotatable bonds is 2. The van der Waals surface area contributed by atoms with E-state index in [0.29, 0.717) is 0 Å². The van der Waals surface area contributed by atoms with Crippen LogP contribution in [0, 0.1) is 0 Å². The number of allylic oxidation sites excluding steroid dienone is 5. The SMILES string of the molecule is CC(=NC1=CCC=CC=C1)c1ccc2ccccc2c1. The first kappa shape index (κ1) is 12.6. The van der Waals surface area contributed by atoms with Crippen LogP contribution in [0.1, 0.15) is 18.9 Å². The van der Waals surface area contributed by atoms with Gasteiger partial charge in [0.05, 0.1) is 5.70 Å². The zero-order valence-corrected chi connectivity index (χ0v) is 11.6. The fraction of sp³-hybridized carbons (Fsp3) is 0.105. The molecule has 0 fully saturated rings. The van der Waals surface area contributed by atoms with Gasteiger partial charge in [0.25, 0.3) is 0 Å². The highest BCUT2D eigenvalue weighted by Crippen LogP contribution is 2.17. The van der Waals surface area contributed by atoms with Crippen molar-refractivity contribution in [2.75, 3.05) is 0 Å². The Hall–Kier alpha value is -2.41. The third-order valence-electron chi connectivity index (χ3n) is 3.44. The third kappa shape index (κ3) is 2.77. The van der Waals surface area contributed by atoms with Crippen LogP contribution in [-0.4, -0.2) is 5.71 Å². The summed E-state index contributed by atoms with van der Waals surface area (Å²) in [5, 5.41) is 2.52. The van der Waals surface area contributed by atoms with E-state index < -0.39 is 0 Å². The summed E-state index contributed by atoms with van der Waals surface area (Å²) in [5.74, 6) is 0. The highest BCUT2D eigenvalue weighted by Gasteiger charge is 2.00. The van der Waals surface area contributed by atoms with Crippen molar-refractivity contribution in [1.82, 2.24) is 0 Å². The van der Waals surface area contributed by atoms with E-state index in [-0.39, 0.29) is 0 Å². The molecule has 0 spiro atoms. The van der Waals surface area contributed by atoms with Gasteiger partial charge in [-0.25, -0.2) is 0 Å². The molecular formula is C19H17N. The highest BCUT2D eigenvalue weighted by atomic mass is 14.7. The molecule has 3 rings (SSSR count). The Labute approximate surface area is 119 Å². The van der Waals surface area contributed by atoms with Gasteiger partial charge >= 0.3 is 0 Å². The summed E-state index contributed by atoms with van der Waals surface area (Å²) in [7, 11) is 0. The van der Waals surface area contributed by atoms with Crippen molar-refractivity contribution in [3.05, 3.63) is 84.1 Å². The molecule has 1 aliphatic rings. The predicted octanol–water partition coefficient (Wildman–Crippen LogP) is 5.05. The number of hydrogen-bond donors (Lipinski definition) is 0. The highest BCUT2D eigenvalue weighted by molar-refractivity contribution is 6.02. The van der Waals surface area contributed by atoms with Crippen molar-refractivity contribution < 1.29 is 0 Å². The van der Waals surface area contributed by atoms with Gasteiger partial charge in [0, 0.05) is 5.71 Å². The number of hydrogen-bond acceptors (Lipinski definition) is 1. The molecule has 1 heteroatoms. The molecule has 1 nitrogen and oxygen atoms in total. The number of fused-ring (bicyclic) bond motifs is 1. The van der Waals surface area contributed by atoms with Gasteiger partial charge in [-0.1, -0.05) is 60.7 Å². The van der Waals surface area contributed by atoms with Crippen molar-refractivity contribution in [3.8, 4) is 0 Å². The Bertz CT molecular complexity index is 745. The minimum absolute atomic E-state index is 0.941. The van der Waals surface area contributed by atoms with E-state index in [9.17, 15) is 0 Å². The minimum atomic E-state index is 0.941. The molecule has 98 valence electrons. The first-order chi connectivity index (χ1) is 9.83. The molecular weight excluding hydrogens is 242 g/mol. The van der Waals surface area contributed by atoms with Crippen LogP contribution in [0.2, 0.25) is 0 Å². The lowest BCUT2D eigenvalue weighted by molar-refractivity contribution is 1.30. The van der Waals surface area contributed by atoms with Gasteiger partial charge in [-0.2, -0.15) is 0 Å². The van der Waals surface area contributed by atoms with E-state index in [2.05, 4.69) is 67.6 Å². The van der Waals surface area contributed by atoms with Crippen molar-refractivity contribution >= 4 is 16.5 Å². The van der Waals surface area contributed by atoms with Gasteiger partial charge in [0.15, 0.2) is 0 Å². The summed E-state index contributed by atoms with van der Waals surface area (Å²) in [4.78, 5) is 4.72. The Kier molecular flexibility index (Phi) is 3.60. The summed E-state index contributed by atoms with van der Waals surface area (Å²) < 4.78 is 0. The van der Waals surface area contributed by atoms with E-state index in [1.807, 2.05) is 12.2 Å². The maximum absolute atomic E-state index is 4.72. The molecule has 0 heterocycles. The average molecular weight is 259 g/mol. The van der Waals surface area contributed by atoms with Gasteiger partial charge in [-0.3, -0.25) is 4.99 Å². The normalized spacial score (nSPS) is 15.2. The van der Waals surface area contributed by atoms with Crippen LogP contribution < -0.4 is 0 Å². The van der Waals surface area contributed by atoms with E-state index >= 15 is 0 Å². The van der Waals surface area contributed by atoms with Crippen LogP contribution in [0.15, 0.2) is 83.5 Å². The first-order valence-electron chi connectivity index (χ1n) is 6.91. The van der Waals surface area contributed by atoms with Crippen LogP contribution >= 0.6 is 0 Å². The first-order valence-corrected chi connectivity index (χ1v) is 6.91. The molecule has 0 unspecified atom stereocenters. The molecule has 0 aromatic heterocycles. The molecule has 0 atom stereocenters. The Morgan fingerprint density at radius 1 is 1.00 bits per heavy atom. The summed E-state index contributed by atoms with van der Waals surface area (Å²) in [6, 6.07) is 14.9. The van der Waals surface area contributed by atoms with E-state index in [1.165, 1.54) is 16.3 Å². The molecule has 2 aromatic rings. The summed E-state index contributed by atoms with van der Waals surface area (Å²) in [5.41, 5.74) is 3.25. The second kappa shape index (κ2) is 5.70. The predicted molar refractivity (Wildman–Crippen MR) is 87.1 cm³/mol. The largest absolute Gasteiger partial charge is 0.253 e. The second-order valence-corrected chi connectivity index (χ2v) is 4.91. The van der Waals surface area contributed by atoms with Crippen LogP contribution in [0.4, 0.5) is 0 Å². The fourth-order valence-corrected chi connectivity index (χ4v) is 2.32. The summed E-state index contributed by atoms with van der Waals surface area (Å²) >= 11 is 0. The topological polar surface area (TPSA) is 12.4 Å². The van der Waals surface area contributed by atoms with Gasteiger partial charge in [0.2, 0.25) is 0 Å². The Morgan fingerprint density at radius 3 is 2.75 bits per heavy atom. The van der Waals surface area contributed by atoms with Crippen molar-refractivity contribution in [2.45, 2.75) is 13.3 Å². The number of nitrogens with zero attached hydrogens (tertiary/aromatic N) is 1. The number of aliphatic imine (C=N–C) groups is 1. The van der Waals surface area contributed by atoms with Crippen LogP contribution in [0.25, 0.3) is 10.8 Å². The zero-order chi connectivity index (χ0) is 13.8. The lowest BCUT2D eigenvalue weighted by Gasteiger charge is -2.04. The summed E-state index contributed by atoms with van der Waals surface area (Å²) in [6.45, 7) is 2.07. The summed E-state index contributed by atoms with van der Waals surface area (Å²) in [6.07, 6.45) is 11.4. The molecule has 0 bridgehead atoms. The van der Waals surface area contributed by atoms with E-state index in [0.717, 1.165) is 17.8 Å². The van der Waals surface area contributed by atoms with Crippen molar-refractivity contribution in [2.24, 2.45) is 4.99 Å². The fourth-order valence-electron chi connectivity index (χ4n) is 2.32. The van der Waals surface area contributed by atoms with Crippen LogP contribution in [-0.2, 0) is 0 Å². The molecule has 1 aliphatic carbocycles. The van der Waals surface area contributed by atoms with Gasteiger partial charge in [-0.15, -0.1) is 0 Å². The van der Waals surface area contributed by atoms with E-state index in [1.54, 1.807) is 0 Å². The third-order valence-corrected chi connectivity index (χ3v) is 3.44. The standard InChI is InChI=1S/C19H17N/c1-15(20-19-10-4-2-3-5-11-19)17-13-12-16-8-6-7-9-18(16)14-17/h2-4,6-14H,5H2,1H3. The van der Waals surface area contributed by atoms with Gasteiger partial charge in [0.1, 0.15) is 0 Å². The molecule has 0 aliphatic heterocycles. The molecule has 2 aromatic carbocycles. The smallest absolute Gasteiger partial charge is 0.0596 e. The van der Waals surface area contributed by atoms with Crippen molar-refractivity contribution in [3.63, 3.8) is 0 Å². The maximum Gasteiger partial charge on any atom is 0.0596 e. The molecule has 20 heavy (non-hydrogen) atoms.